The molecule has 3 rings (SSSR count). The molecule has 2 aliphatic rings. The molecule has 24 heavy (non-hydrogen) atoms. The largest absolute Gasteiger partial charge is 0.478 e. The van der Waals surface area contributed by atoms with Crippen molar-refractivity contribution >= 4 is 23.3 Å². The molecule has 0 bridgehead atoms. The van der Waals surface area contributed by atoms with Crippen LogP contribution in [0.1, 0.15) is 75.6 Å². The predicted molar refractivity (Wildman–Crippen MR) is 99.2 cm³/mol. The van der Waals surface area contributed by atoms with Crippen molar-refractivity contribution in [2.24, 2.45) is 5.41 Å². The van der Waals surface area contributed by atoms with E-state index in [1.165, 1.54) is 44.9 Å². The van der Waals surface area contributed by atoms with Crippen LogP contribution in [0.4, 0.5) is 5.69 Å². The van der Waals surface area contributed by atoms with Crippen LogP contribution in [0.25, 0.3) is 0 Å². The van der Waals surface area contributed by atoms with Crippen molar-refractivity contribution in [1.29, 1.82) is 0 Å². The highest BCUT2D eigenvalue weighted by atomic mass is 35.5. The number of benzene rings is 1. The lowest BCUT2D eigenvalue weighted by Crippen LogP contribution is -2.40. The average Bonchev–Trinajstić information content (AvgIpc) is 2.74. The van der Waals surface area contributed by atoms with Gasteiger partial charge < -0.3 is 10.0 Å². The van der Waals surface area contributed by atoms with Crippen LogP contribution >= 0.6 is 11.6 Å². The maximum atomic E-state index is 11.7. The van der Waals surface area contributed by atoms with E-state index < -0.39 is 5.97 Å². The molecular weight excluding hydrogens is 322 g/mol. The molecule has 0 amide bonds. The van der Waals surface area contributed by atoms with Gasteiger partial charge in [-0.15, -0.1) is 0 Å². The van der Waals surface area contributed by atoms with Crippen LogP contribution in [0.15, 0.2) is 18.2 Å². The van der Waals surface area contributed by atoms with Gasteiger partial charge in [0, 0.05) is 17.1 Å². The Hall–Kier alpha value is -1.22. The fraction of sp³-hybridized carbons (Fsp3) is 0.650. The number of nitrogens with zero attached hydrogens (tertiary/aromatic N) is 1. The number of aromatic carboxylic acids is 1. The number of carboxylic acids is 1. The Morgan fingerprint density at radius 2 is 1.79 bits per heavy atom. The van der Waals surface area contributed by atoms with Crippen molar-refractivity contribution in [1.82, 2.24) is 0 Å². The third-order valence-corrected chi connectivity index (χ3v) is 6.53. The van der Waals surface area contributed by atoms with Gasteiger partial charge in [-0.1, -0.05) is 43.7 Å². The van der Waals surface area contributed by atoms with Crippen molar-refractivity contribution in [2.45, 2.75) is 77.3 Å². The number of rotatable bonds is 2. The van der Waals surface area contributed by atoms with Crippen LogP contribution in [-0.4, -0.2) is 23.2 Å². The van der Waals surface area contributed by atoms with Gasteiger partial charge in [0.2, 0.25) is 0 Å². The Morgan fingerprint density at radius 3 is 2.42 bits per heavy atom. The second-order valence-electron chi connectivity index (χ2n) is 7.73. The van der Waals surface area contributed by atoms with Gasteiger partial charge in [0.05, 0.1) is 11.3 Å². The Morgan fingerprint density at radius 1 is 1.17 bits per heavy atom. The second kappa shape index (κ2) is 6.95. The molecule has 3 nitrogen and oxygen atoms in total. The zero-order valence-electron chi connectivity index (χ0n) is 14.7. The summed E-state index contributed by atoms with van der Waals surface area (Å²) in [6.45, 7) is 4.52. The summed E-state index contributed by atoms with van der Waals surface area (Å²) < 4.78 is 0. The third kappa shape index (κ3) is 3.15. The van der Waals surface area contributed by atoms with Crippen molar-refractivity contribution in [3.8, 4) is 0 Å². The average molecular weight is 350 g/mol. The molecular formula is C20H28ClNO2. The Balaban J connectivity index is 1.97. The smallest absolute Gasteiger partial charge is 0.337 e. The molecule has 1 aliphatic carbocycles. The lowest BCUT2D eigenvalue weighted by atomic mass is 9.71. The normalized spacial score (nSPS) is 27.0. The van der Waals surface area contributed by atoms with Gasteiger partial charge in [0.25, 0.3) is 0 Å². The van der Waals surface area contributed by atoms with Crippen LogP contribution in [0.3, 0.4) is 0 Å². The number of hydrogen-bond donors (Lipinski definition) is 1. The summed E-state index contributed by atoms with van der Waals surface area (Å²) >= 11 is 6.20. The first-order valence-corrected chi connectivity index (χ1v) is 9.64. The van der Waals surface area contributed by atoms with E-state index in [0.717, 1.165) is 12.1 Å². The number of hydrogen-bond acceptors (Lipinski definition) is 2. The van der Waals surface area contributed by atoms with Crippen LogP contribution in [0.2, 0.25) is 5.02 Å². The molecule has 1 saturated carbocycles. The van der Waals surface area contributed by atoms with E-state index in [2.05, 4.69) is 18.7 Å². The van der Waals surface area contributed by atoms with Crippen molar-refractivity contribution in [3.05, 3.63) is 28.8 Å². The number of carboxylic acid groups (broad SMARTS) is 1. The first-order chi connectivity index (χ1) is 11.4. The molecule has 2 fully saturated rings. The SMILES string of the molecule is CC1CC2(CCCCCCC2)C(C)N1c1cc(Cl)ccc1C(=O)O. The highest BCUT2D eigenvalue weighted by molar-refractivity contribution is 6.31. The van der Waals surface area contributed by atoms with E-state index in [-0.39, 0.29) is 0 Å². The topological polar surface area (TPSA) is 40.5 Å². The van der Waals surface area contributed by atoms with Gasteiger partial charge in [0.1, 0.15) is 0 Å². The van der Waals surface area contributed by atoms with Gasteiger partial charge in [-0.3, -0.25) is 0 Å². The first-order valence-electron chi connectivity index (χ1n) is 9.26. The van der Waals surface area contributed by atoms with Gasteiger partial charge in [0.15, 0.2) is 0 Å². The molecule has 1 N–H and O–H groups in total. The predicted octanol–water partition coefficient (Wildman–Crippen LogP) is 5.76. The van der Waals surface area contributed by atoms with Crippen LogP contribution in [-0.2, 0) is 0 Å². The van der Waals surface area contributed by atoms with Gasteiger partial charge in [-0.05, 0) is 56.7 Å². The van der Waals surface area contributed by atoms with Gasteiger partial charge >= 0.3 is 5.97 Å². The molecule has 4 heteroatoms. The van der Waals surface area contributed by atoms with Crippen LogP contribution < -0.4 is 4.90 Å². The summed E-state index contributed by atoms with van der Waals surface area (Å²) in [5.74, 6) is -0.875. The minimum Gasteiger partial charge on any atom is -0.478 e. The van der Waals surface area contributed by atoms with Crippen LogP contribution in [0, 0.1) is 5.41 Å². The summed E-state index contributed by atoms with van der Waals surface area (Å²) in [4.78, 5) is 14.0. The molecule has 2 atom stereocenters. The lowest BCUT2D eigenvalue weighted by Gasteiger charge is -2.39. The van der Waals surface area contributed by atoms with E-state index in [0.29, 0.717) is 28.1 Å². The number of anilines is 1. The second-order valence-corrected chi connectivity index (χ2v) is 8.17. The van der Waals surface area contributed by atoms with Crippen molar-refractivity contribution < 1.29 is 9.90 Å². The summed E-state index contributed by atoms with van der Waals surface area (Å²) in [5, 5.41) is 10.2. The fourth-order valence-electron chi connectivity index (χ4n) is 5.11. The van der Waals surface area contributed by atoms with E-state index in [9.17, 15) is 9.90 Å². The molecule has 132 valence electrons. The van der Waals surface area contributed by atoms with Crippen LogP contribution in [0.5, 0.6) is 0 Å². The summed E-state index contributed by atoms with van der Waals surface area (Å²) in [5.41, 5.74) is 1.47. The van der Waals surface area contributed by atoms with E-state index >= 15 is 0 Å². The monoisotopic (exact) mass is 349 g/mol. The molecule has 0 aromatic heterocycles. The maximum Gasteiger partial charge on any atom is 0.337 e. The quantitative estimate of drug-likeness (QED) is 0.738. The highest BCUT2D eigenvalue weighted by Gasteiger charge is 2.48. The zero-order valence-corrected chi connectivity index (χ0v) is 15.5. The fourth-order valence-corrected chi connectivity index (χ4v) is 5.28. The summed E-state index contributed by atoms with van der Waals surface area (Å²) in [6.07, 6.45) is 10.3. The van der Waals surface area contributed by atoms with E-state index in [4.69, 9.17) is 11.6 Å². The standard InChI is InChI=1S/C20H28ClNO2/c1-14-13-20(10-6-4-3-5-7-11-20)15(2)22(14)18-12-16(21)8-9-17(18)19(23)24/h8-9,12,14-15H,3-7,10-11,13H2,1-2H3,(H,23,24). The van der Waals surface area contributed by atoms with Gasteiger partial charge in [-0.2, -0.15) is 0 Å². The molecule has 0 radical (unpaired) electrons. The summed E-state index contributed by atoms with van der Waals surface area (Å²) in [7, 11) is 0. The zero-order chi connectivity index (χ0) is 17.3. The maximum absolute atomic E-state index is 11.7. The number of halogens is 1. The Bertz CT molecular complexity index is 608. The third-order valence-electron chi connectivity index (χ3n) is 6.30. The van der Waals surface area contributed by atoms with Crippen molar-refractivity contribution in [2.75, 3.05) is 4.90 Å². The molecule has 1 aromatic rings. The highest BCUT2D eigenvalue weighted by Crippen LogP contribution is 2.51. The minimum atomic E-state index is -0.875. The van der Waals surface area contributed by atoms with E-state index in [1.54, 1.807) is 12.1 Å². The number of carbonyl (C=O) groups is 1. The Labute approximate surface area is 150 Å². The molecule has 1 heterocycles. The Kier molecular flexibility index (Phi) is 5.10. The van der Waals surface area contributed by atoms with Gasteiger partial charge in [-0.25, -0.2) is 4.79 Å². The lowest BCUT2D eigenvalue weighted by molar-refractivity contribution is 0.0697. The molecule has 1 saturated heterocycles. The molecule has 1 aliphatic heterocycles. The molecule has 2 unspecified atom stereocenters. The summed E-state index contributed by atoms with van der Waals surface area (Å²) in [6, 6.07) is 5.84. The molecule has 1 spiro atoms. The minimum absolute atomic E-state index is 0.317. The van der Waals surface area contributed by atoms with Crippen molar-refractivity contribution in [3.63, 3.8) is 0 Å². The molecule has 1 aromatic carbocycles. The van der Waals surface area contributed by atoms with E-state index in [1.807, 2.05) is 6.07 Å². The first kappa shape index (κ1) is 17.6.